The Morgan fingerprint density at radius 1 is 1.47 bits per heavy atom. The fourth-order valence-corrected chi connectivity index (χ4v) is 2.09. The van der Waals surface area contributed by atoms with Crippen LogP contribution in [0.15, 0.2) is 28.9 Å². The van der Waals surface area contributed by atoms with Crippen molar-refractivity contribution in [2.24, 2.45) is 0 Å². The second-order valence-corrected chi connectivity index (χ2v) is 4.93. The fraction of sp³-hybridized carbons (Fsp3) is 0.0833. The van der Waals surface area contributed by atoms with Crippen LogP contribution in [0.25, 0.3) is 0 Å². The van der Waals surface area contributed by atoms with Crippen molar-refractivity contribution in [2.75, 3.05) is 0 Å². The van der Waals surface area contributed by atoms with Crippen LogP contribution < -0.4 is 0 Å². The first-order valence-electron chi connectivity index (χ1n) is 5.16. The maximum atomic E-state index is 13.6. The highest BCUT2D eigenvalue weighted by Gasteiger charge is 2.14. The largest absolute Gasteiger partial charge is 0.476 e. The summed E-state index contributed by atoms with van der Waals surface area (Å²) in [5, 5.41) is 9.20. The molecule has 2 aromatic rings. The Bertz CT molecular complexity index is 631. The van der Waals surface area contributed by atoms with E-state index in [0.29, 0.717) is 0 Å². The molecule has 0 saturated carbocycles. The van der Waals surface area contributed by atoms with Crippen LogP contribution in [-0.4, -0.2) is 21.0 Å². The van der Waals surface area contributed by atoms with Crippen LogP contribution in [0, 0.1) is 5.82 Å². The predicted molar refractivity (Wildman–Crippen MR) is 70.9 cm³/mol. The molecule has 0 fully saturated rings. The van der Waals surface area contributed by atoms with Gasteiger partial charge in [0.15, 0.2) is 5.69 Å². The molecule has 1 N–H and O–H groups in total. The summed E-state index contributed by atoms with van der Waals surface area (Å²) < 4.78 is 13.9. The van der Waals surface area contributed by atoms with Crippen LogP contribution >= 0.6 is 27.5 Å². The molecular formula is C12H7BrClFN2O2. The van der Waals surface area contributed by atoms with Gasteiger partial charge in [-0.1, -0.05) is 17.7 Å². The summed E-state index contributed by atoms with van der Waals surface area (Å²) in [6.07, 6.45) is 1.35. The van der Waals surface area contributed by atoms with E-state index in [1.807, 2.05) is 0 Å². The number of hydrogen-bond acceptors (Lipinski definition) is 3. The second-order valence-electron chi connectivity index (χ2n) is 3.66. The molecule has 19 heavy (non-hydrogen) atoms. The Morgan fingerprint density at radius 2 is 2.21 bits per heavy atom. The van der Waals surface area contributed by atoms with E-state index in [-0.39, 0.29) is 33.0 Å². The van der Waals surface area contributed by atoms with Gasteiger partial charge < -0.3 is 5.11 Å². The molecule has 4 nitrogen and oxygen atoms in total. The number of benzene rings is 1. The maximum Gasteiger partial charge on any atom is 0.355 e. The number of carbonyl (C=O) groups is 1. The quantitative estimate of drug-likeness (QED) is 0.927. The number of carboxylic acids is 1. The van der Waals surface area contributed by atoms with Gasteiger partial charge in [-0.25, -0.2) is 19.2 Å². The number of nitrogens with zero attached hydrogens (tertiary/aromatic N) is 2. The van der Waals surface area contributed by atoms with Gasteiger partial charge in [0, 0.05) is 23.2 Å². The number of carboxylic acid groups (broad SMARTS) is 1. The Labute approximate surface area is 121 Å². The van der Waals surface area contributed by atoms with E-state index < -0.39 is 11.8 Å². The Morgan fingerprint density at radius 3 is 2.84 bits per heavy atom. The molecule has 0 aliphatic carbocycles. The molecule has 0 bridgehead atoms. The van der Waals surface area contributed by atoms with Crippen molar-refractivity contribution >= 4 is 33.5 Å². The molecule has 0 aliphatic heterocycles. The molecule has 1 heterocycles. The number of aromatic carboxylic acids is 1. The van der Waals surface area contributed by atoms with Crippen LogP contribution in [0.5, 0.6) is 0 Å². The van der Waals surface area contributed by atoms with Gasteiger partial charge in [-0.05, 0) is 28.1 Å². The molecule has 7 heteroatoms. The summed E-state index contributed by atoms with van der Waals surface area (Å²) in [7, 11) is 0. The minimum absolute atomic E-state index is 0.0269. The lowest BCUT2D eigenvalue weighted by atomic mass is 10.1. The first-order valence-corrected chi connectivity index (χ1v) is 6.33. The normalized spacial score (nSPS) is 10.5. The van der Waals surface area contributed by atoms with Gasteiger partial charge in [-0.2, -0.15) is 0 Å². The molecule has 0 amide bonds. The van der Waals surface area contributed by atoms with E-state index in [9.17, 15) is 9.18 Å². The van der Waals surface area contributed by atoms with Gasteiger partial charge >= 0.3 is 5.97 Å². The lowest BCUT2D eigenvalue weighted by Crippen LogP contribution is -2.07. The molecular weight excluding hydrogens is 338 g/mol. The minimum Gasteiger partial charge on any atom is -0.476 e. The van der Waals surface area contributed by atoms with Crippen molar-refractivity contribution in [3.8, 4) is 0 Å². The van der Waals surface area contributed by atoms with Gasteiger partial charge in [-0.15, -0.1) is 0 Å². The van der Waals surface area contributed by atoms with Crippen LogP contribution in [0.2, 0.25) is 5.02 Å². The van der Waals surface area contributed by atoms with Crippen LogP contribution in [0.1, 0.15) is 21.9 Å². The predicted octanol–water partition coefficient (Wildman–Crippen LogP) is 3.32. The zero-order valence-electron chi connectivity index (χ0n) is 9.40. The standard InChI is InChI=1S/C12H7BrClFN2O2/c13-7-5-16-10(17-11(7)12(18)19)4-6-8(14)2-1-3-9(6)15/h1-3,5H,4H2,(H,18,19). The zero-order valence-corrected chi connectivity index (χ0v) is 11.7. The van der Waals surface area contributed by atoms with E-state index in [1.54, 1.807) is 6.07 Å². The molecule has 1 aromatic heterocycles. The zero-order chi connectivity index (χ0) is 14.0. The van der Waals surface area contributed by atoms with Gasteiger partial charge in [0.05, 0.1) is 4.47 Å². The first kappa shape index (κ1) is 13.9. The van der Waals surface area contributed by atoms with Crippen molar-refractivity contribution in [2.45, 2.75) is 6.42 Å². The van der Waals surface area contributed by atoms with E-state index in [0.717, 1.165) is 0 Å². The molecule has 0 atom stereocenters. The monoisotopic (exact) mass is 344 g/mol. The maximum absolute atomic E-state index is 13.6. The summed E-state index contributed by atoms with van der Waals surface area (Å²) >= 11 is 8.93. The van der Waals surface area contributed by atoms with Crippen molar-refractivity contribution in [3.63, 3.8) is 0 Å². The molecule has 0 spiro atoms. The Balaban J connectivity index is 2.39. The lowest BCUT2D eigenvalue weighted by Gasteiger charge is -2.06. The third kappa shape index (κ3) is 3.08. The average molecular weight is 346 g/mol. The van der Waals surface area contributed by atoms with Crippen molar-refractivity contribution in [3.05, 3.63) is 56.8 Å². The van der Waals surface area contributed by atoms with Gasteiger partial charge in [0.2, 0.25) is 0 Å². The first-order chi connectivity index (χ1) is 8.99. The SMILES string of the molecule is O=C(O)c1nc(Cc2c(F)cccc2Cl)ncc1Br. The van der Waals surface area contributed by atoms with Gasteiger partial charge in [0.25, 0.3) is 0 Å². The third-order valence-corrected chi connectivity index (χ3v) is 3.33. The average Bonchev–Trinajstić information content (AvgIpc) is 2.35. The smallest absolute Gasteiger partial charge is 0.355 e. The summed E-state index contributed by atoms with van der Waals surface area (Å²) in [5.74, 6) is -1.47. The van der Waals surface area contributed by atoms with E-state index in [4.69, 9.17) is 16.7 Å². The van der Waals surface area contributed by atoms with Crippen molar-refractivity contribution in [1.82, 2.24) is 9.97 Å². The van der Waals surface area contributed by atoms with Crippen LogP contribution in [0.3, 0.4) is 0 Å². The molecule has 0 radical (unpaired) electrons. The van der Waals surface area contributed by atoms with Crippen LogP contribution in [-0.2, 0) is 6.42 Å². The molecule has 98 valence electrons. The summed E-state index contributed by atoms with van der Waals surface area (Å²) in [4.78, 5) is 18.8. The van der Waals surface area contributed by atoms with Gasteiger partial charge in [0.1, 0.15) is 11.6 Å². The van der Waals surface area contributed by atoms with E-state index >= 15 is 0 Å². The molecule has 1 aromatic carbocycles. The Hall–Kier alpha value is -1.53. The number of aromatic nitrogens is 2. The van der Waals surface area contributed by atoms with Gasteiger partial charge in [-0.3, -0.25) is 0 Å². The third-order valence-electron chi connectivity index (χ3n) is 2.39. The summed E-state index contributed by atoms with van der Waals surface area (Å²) in [5.41, 5.74) is 0.0697. The van der Waals surface area contributed by atoms with Crippen LogP contribution in [0.4, 0.5) is 4.39 Å². The minimum atomic E-state index is -1.19. The number of rotatable bonds is 3. The molecule has 0 saturated heterocycles. The lowest BCUT2D eigenvalue weighted by molar-refractivity contribution is 0.0688. The highest BCUT2D eigenvalue weighted by molar-refractivity contribution is 9.10. The van der Waals surface area contributed by atoms with E-state index in [2.05, 4.69) is 25.9 Å². The Kier molecular flexibility index (Phi) is 4.11. The molecule has 0 aliphatic rings. The summed E-state index contributed by atoms with van der Waals surface area (Å²) in [6.45, 7) is 0. The number of halogens is 3. The second kappa shape index (κ2) is 5.63. The fourth-order valence-electron chi connectivity index (χ4n) is 1.50. The van der Waals surface area contributed by atoms with Crippen molar-refractivity contribution in [1.29, 1.82) is 0 Å². The topological polar surface area (TPSA) is 63.1 Å². The van der Waals surface area contributed by atoms with Crippen molar-refractivity contribution < 1.29 is 14.3 Å². The molecule has 0 unspecified atom stereocenters. The highest BCUT2D eigenvalue weighted by atomic mass is 79.9. The van der Waals surface area contributed by atoms with E-state index in [1.165, 1.54) is 18.3 Å². The highest BCUT2D eigenvalue weighted by Crippen LogP contribution is 2.22. The number of hydrogen-bond donors (Lipinski definition) is 1. The summed E-state index contributed by atoms with van der Waals surface area (Å²) in [6, 6.07) is 4.32. The molecule has 2 rings (SSSR count).